The van der Waals surface area contributed by atoms with Gasteiger partial charge in [-0.1, -0.05) is 12.1 Å². The van der Waals surface area contributed by atoms with Gasteiger partial charge in [-0.3, -0.25) is 0 Å². The largest absolute Gasteiger partial charge is 0.369 e. The summed E-state index contributed by atoms with van der Waals surface area (Å²) >= 11 is 0. The van der Waals surface area contributed by atoms with Crippen LogP contribution >= 0.6 is 0 Å². The molecule has 6 heteroatoms. The van der Waals surface area contributed by atoms with E-state index in [4.69, 9.17) is 4.98 Å². The van der Waals surface area contributed by atoms with Crippen LogP contribution in [0.3, 0.4) is 0 Å². The third kappa shape index (κ3) is 3.91. The van der Waals surface area contributed by atoms with Crippen LogP contribution in [0.15, 0.2) is 60.8 Å². The average molecular weight is 415 g/mol. The number of nitrogens with zero attached hydrogens (tertiary/aromatic N) is 5. The average Bonchev–Trinajstić information content (AvgIpc) is 2.90. The summed E-state index contributed by atoms with van der Waals surface area (Å²) < 4.78 is 0. The maximum Gasteiger partial charge on any atom is 0.132 e. The molecule has 6 nitrogen and oxygen atoms in total. The van der Waals surface area contributed by atoms with E-state index in [1.54, 1.807) is 0 Å². The highest BCUT2D eigenvalue weighted by molar-refractivity contribution is 5.81. The number of rotatable bonds is 3. The second kappa shape index (κ2) is 8.12. The predicted octanol–water partition coefficient (Wildman–Crippen LogP) is 4.29. The van der Waals surface area contributed by atoms with E-state index in [2.05, 4.69) is 101 Å². The van der Waals surface area contributed by atoms with Gasteiger partial charge >= 0.3 is 0 Å². The molecular formula is C25H30N6. The molecule has 0 aliphatic carbocycles. The predicted molar refractivity (Wildman–Crippen MR) is 130 cm³/mol. The number of para-hydroxylation sites is 2. The Morgan fingerprint density at radius 1 is 0.806 bits per heavy atom. The van der Waals surface area contributed by atoms with Crippen molar-refractivity contribution >= 4 is 34.3 Å². The number of hydrogen-bond donors (Lipinski definition) is 1. The highest BCUT2D eigenvalue weighted by Crippen LogP contribution is 2.39. The second-order valence-corrected chi connectivity index (χ2v) is 8.56. The molecule has 0 radical (unpaired) electrons. The Balaban J connectivity index is 1.36. The first-order valence-electron chi connectivity index (χ1n) is 10.9. The normalized spacial score (nSPS) is 16.5. The van der Waals surface area contributed by atoms with Crippen molar-refractivity contribution in [2.45, 2.75) is 6.54 Å². The van der Waals surface area contributed by atoms with Crippen molar-refractivity contribution in [3.05, 3.63) is 66.4 Å². The van der Waals surface area contributed by atoms with Crippen LogP contribution < -0.4 is 20.0 Å². The Kier molecular flexibility index (Phi) is 5.16. The zero-order valence-corrected chi connectivity index (χ0v) is 18.5. The lowest BCUT2D eigenvalue weighted by Crippen LogP contribution is -2.44. The number of pyridine rings is 1. The molecule has 2 aliphatic rings. The lowest BCUT2D eigenvalue weighted by Gasteiger charge is -2.34. The van der Waals surface area contributed by atoms with Crippen molar-refractivity contribution in [2.24, 2.45) is 0 Å². The second-order valence-electron chi connectivity index (χ2n) is 8.56. The van der Waals surface area contributed by atoms with Crippen molar-refractivity contribution in [2.75, 3.05) is 67.3 Å². The van der Waals surface area contributed by atoms with Gasteiger partial charge in [-0.2, -0.15) is 0 Å². The topological polar surface area (TPSA) is 37.9 Å². The molecule has 1 N–H and O–H groups in total. The summed E-state index contributed by atoms with van der Waals surface area (Å²) in [6.45, 7) is 5.23. The van der Waals surface area contributed by atoms with Gasteiger partial charge in [0.1, 0.15) is 5.82 Å². The minimum absolute atomic E-state index is 0.837. The molecule has 1 aromatic heterocycles. The van der Waals surface area contributed by atoms with Gasteiger partial charge in [-0.25, -0.2) is 4.98 Å². The summed E-state index contributed by atoms with van der Waals surface area (Å²) in [6.07, 6.45) is 2.00. The summed E-state index contributed by atoms with van der Waals surface area (Å²) in [4.78, 5) is 14.1. The number of benzene rings is 2. The van der Waals surface area contributed by atoms with E-state index < -0.39 is 0 Å². The lowest BCUT2D eigenvalue weighted by molar-refractivity contribution is 0.313. The van der Waals surface area contributed by atoms with Crippen LogP contribution in [-0.2, 0) is 6.54 Å². The minimum atomic E-state index is 0.837. The Morgan fingerprint density at radius 3 is 2.26 bits per heavy atom. The van der Waals surface area contributed by atoms with Gasteiger partial charge in [-0.15, -0.1) is 0 Å². The summed E-state index contributed by atoms with van der Waals surface area (Å²) in [5.41, 5.74) is 7.18. The monoisotopic (exact) mass is 414 g/mol. The standard InChI is InChI=1S/C25H30N6/c1-28-12-14-31(15-13-28)21-10-8-20(9-11-21)27-25-16-24-19(17-26-25)18-29(2)22-6-4-5-7-23(22)30(24)3/h4-11,16-17H,12-15,18H2,1-3H3,(H,26,27). The van der Waals surface area contributed by atoms with Gasteiger partial charge in [0.05, 0.1) is 17.1 Å². The number of piperazine rings is 1. The fraction of sp³-hybridized carbons (Fsp3) is 0.320. The molecule has 0 unspecified atom stereocenters. The van der Waals surface area contributed by atoms with Gasteiger partial charge in [0.25, 0.3) is 0 Å². The third-order valence-electron chi connectivity index (χ3n) is 6.39. The zero-order valence-electron chi connectivity index (χ0n) is 18.5. The van der Waals surface area contributed by atoms with Crippen LogP contribution in [0.2, 0.25) is 0 Å². The first-order chi connectivity index (χ1) is 15.1. The maximum atomic E-state index is 4.70. The number of likely N-dealkylation sites (N-methyl/N-ethyl adjacent to an activating group) is 1. The van der Waals surface area contributed by atoms with Crippen molar-refractivity contribution in [3.8, 4) is 0 Å². The van der Waals surface area contributed by atoms with E-state index in [0.717, 1.165) is 44.2 Å². The van der Waals surface area contributed by atoms with Crippen LogP contribution in [-0.4, -0.2) is 57.2 Å². The Morgan fingerprint density at radius 2 is 1.52 bits per heavy atom. The summed E-state index contributed by atoms with van der Waals surface area (Å²) in [5.74, 6) is 0.861. The maximum absolute atomic E-state index is 4.70. The smallest absolute Gasteiger partial charge is 0.132 e. The van der Waals surface area contributed by atoms with E-state index in [-0.39, 0.29) is 0 Å². The van der Waals surface area contributed by atoms with Gasteiger partial charge in [0, 0.05) is 76.0 Å². The number of hydrogen-bond acceptors (Lipinski definition) is 6. The van der Waals surface area contributed by atoms with Crippen LogP contribution in [0.5, 0.6) is 0 Å². The summed E-state index contributed by atoms with van der Waals surface area (Å²) in [5, 5.41) is 3.49. The van der Waals surface area contributed by atoms with Gasteiger partial charge in [0.15, 0.2) is 0 Å². The molecule has 31 heavy (non-hydrogen) atoms. The Bertz CT molecular complexity index is 1060. The van der Waals surface area contributed by atoms with Gasteiger partial charge < -0.3 is 24.9 Å². The van der Waals surface area contributed by atoms with E-state index in [1.165, 1.54) is 28.3 Å². The van der Waals surface area contributed by atoms with Crippen molar-refractivity contribution in [3.63, 3.8) is 0 Å². The first-order valence-corrected chi connectivity index (χ1v) is 10.9. The quantitative estimate of drug-likeness (QED) is 0.689. The fourth-order valence-corrected chi connectivity index (χ4v) is 4.48. The molecule has 3 heterocycles. The molecule has 0 amide bonds. The molecular weight excluding hydrogens is 384 g/mol. The SMILES string of the molecule is CN1CCN(c2ccc(Nc3cc4c(cn3)CN(C)c3ccccc3N4C)cc2)CC1. The van der Waals surface area contributed by atoms with E-state index >= 15 is 0 Å². The van der Waals surface area contributed by atoms with Gasteiger partial charge in [-0.05, 0) is 43.4 Å². The molecule has 2 aliphatic heterocycles. The number of anilines is 6. The zero-order chi connectivity index (χ0) is 21.4. The molecule has 1 saturated heterocycles. The van der Waals surface area contributed by atoms with Crippen molar-refractivity contribution in [1.82, 2.24) is 9.88 Å². The third-order valence-corrected chi connectivity index (χ3v) is 6.39. The highest BCUT2D eigenvalue weighted by atomic mass is 15.2. The molecule has 0 atom stereocenters. The molecule has 0 saturated carbocycles. The molecule has 1 fully saturated rings. The molecule has 5 rings (SSSR count). The molecule has 3 aromatic rings. The van der Waals surface area contributed by atoms with Crippen LogP contribution in [0.4, 0.5) is 34.3 Å². The van der Waals surface area contributed by atoms with Gasteiger partial charge in [0.2, 0.25) is 0 Å². The minimum Gasteiger partial charge on any atom is -0.369 e. The van der Waals surface area contributed by atoms with E-state index in [1.807, 2.05) is 6.20 Å². The molecule has 0 bridgehead atoms. The van der Waals surface area contributed by atoms with Crippen molar-refractivity contribution in [1.29, 1.82) is 0 Å². The highest BCUT2D eigenvalue weighted by Gasteiger charge is 2.21. The summed E-state index contributed by atoms with van der Waals surface area (Å²) in [7, 11) is 6.45. The van der Waals surface area contributed by atoms with E-state index in [9.17, 15) is 0 Å². The number of aromatic nitrogens is 1. The Labute approximate surface area is 184 Å². The lowest BCUT2D eigenvalue weighted by atomic mass is 10.2. The first kappa shape index (κ1) is 19.7. The van der Waals surface area contributed by atoms with Crippen molar-refractivity contribution < 1.29 is 0 Å². The summed E-state index contributed by atoms with van der Waals surface area (Å²) in [6, 6.07) is 19.4. The fourth-order valence-electron chi connectivity index (χ4n) is 4.48. The molecule has 2 aromatic carbocycles. The van der Waals surface area contributed by atoms with Crippen LogP contribution in [0, 0.1) is 0 Å². The number of fused-ring (bicyclic) bond motifs is 2. The molecule has 0 spiro atoms. The Hall–Kier alpha value is -3.25. The van der Waals surface area contributed by atoms with E-state index in [0.29, 0.717) is 0 Å². The van der Waals surface area contributed by atoms with Crippen LogP contribution in [0.25, 0.3) is 0 Å². The number of nitrogens with one attached hydrogen (secondary N) is 1. The molecule has 160 valence electrons. The van der Waals surface area contributed by atoms with Crippen LogP contribution in [0.1, 0.15) is 5.56 Å².